The van der Waals surface area contributed by atoms with Crippen molar-refractivity contribution in [1.82, 2.24) is 5.32 Å². The van der Waals surface area contributed by atoms with E-state index in [1.165, 1.54) is 7.05 Å². The lowest BCUT2D eigenvalue weighted by atomic mass is 11.3. The van der Waals surface area contributed by atoms with Crippen LogP contribution in [0.5, 0.6) is 0 Å². The van der Waals surface area contributed by atoms with E-state index >= 15 is 0 Å². The van der Waals surface area contributed by atoms with Gasteiger partial charge >= 0.3 is 0 Å². The van der Waals surface area contributed by atoms with Crippen LogP contribution in [0.3, 0.4) is 0 Å². The Morgan fingerprint density at radius 3 is 2.14 bits per heavy atom. The normalized spacial score (nSPS) is 11.7. The van der Waals surface area contributed by atoms with E-state index in [0.29, 0.717) is 0 Å². The number of nitrogens with two attached hydrogens (primary N) is 1. The number of hydrogen-bond donors (Lipinski definition) is 2. The molecule has 0 atom stereocenters. The van der Waals surface area contributed by atoms with Gasteiger partial charge in [0.25, 0.3) is 0 Å². The monoisotopic (exact) mass is 123 g/mol. The van der Waals surface area contributed by atoms with Gasteiger partial charge in [-0.15, -0.1) is 0 Å². The van der Waals surface area contributed by atoms with Crippen molar-refractivity contribution in [2.24, 2.45) is 5.14 Å². The van der Waals surface area contributed by atoms with Crippen molar-refractivity contribution in [3.8, 4) is 0 Å². The lowest BCUT2D eigenvalue weighted by molar-refractivity contribution is 0.600. The molecule has 3 N–H and O–H groups in total. The topological polar surface area (TPSA) is 72.2 Å². The van der Waals surface area contributed by atoms with Crippen LogP contribution in [-0.2, 0) is 10.0 Å². The molecule has 0 aromatic heterocycles. The van der Waals surface area contributed by atoms with E-state index in [1.807, 2.05) is 0 Å². The fourth-order valence-corrected chi connectivity index (χ4v) is 0.493. The van der Waals surface area contributed by atoms with Crippen molar-refractivity contribution in [3.63, 3.8) is 0 Å². The Morgan fingerprint density at radius 1 is 1.71 bits per heavy atom. The van der Waals surface area contributed by atoms with Crippen LogP contribution >= 0.6 is 0 Å². The van der Waals surface area contributed by atoms with E-state index in [0.717, 1.165) is 5.88 Å². The molecule has 0 aromatic carbocycles. The van der Waals surface area contributed by atoms with Crippen LogP contribution in [-0.4, -0.2) is 15.5 Å². The summed E-state index contributed by atoms with van der Waals surface area (Å²) in [6, 6.07) is 0. The summed E-state index contributed by atoms with van der Waals surface area (Å²) in [6.45, 7) is 0. The van der Waals surface area contributed by atoms with Gasteiger partial charge in [0.1, 0.15) is 0 Å². The molecule has 1 radical (unpaired) electrons. The van der Waals surface area contributed by atoms with Gasteiger partial charge in [0.15, 0.2) is 5.88 Å². The molecule has 0 bridgehead atoms. The summed E-state index contributed by atoms with van der Waals surface area (Å²) in [5.74, 6) is 0.812. The average molecular weight is 123 g/mol. The largest absolute Gasteiger partial charge is 0.301 e. The molecule has 0 unspecified atom stereocenters. The summed E-state index contributed by atoms with van der Waals surface area (Å²) in [4.78, 5) is 0. The third kappa shape index (κ3) is 5.87. The van der Waals surface area contributed by atoms with Crippen molar-refractivity contribution in [2.75, 3.05) is 7.05 Å². The molecule has 43 valence electrons. The third-order valence-corrected chi connectivity index (χ3v) is 0.846. The summed E-state index contributed by atoms with van der Waals surface area (Å²) in [5, 5.41) is 6.77. The zero-order valence-corrected chi connectivity index (χ0v) is 4.70. The van der Waals surface area contributed by atoms with Crippen LogP contribution in [0.4, 0.5) is 0 Å². The standard InChI is InChI=1S/C2H7N2O2S/c1-4-2-7(3,5)6/h2,4H,1H3,(H2,3,5,6). The van der Waals surface area contributed by atoms with Crippen LogP contribution < -0.4 is 10.5 Å². The minimum atomic E-state index is -3.41. The van der Waals surface area contributed by atoms with Crippen LogP contribution in [0.15, 0.2) is 0 Å². The van der Waals surface area contributed by atoms with Crippen LogP contribution in [0.2, 0.25) is 0 Å². The smallest absolute Gasteiger partial charge is 0.227 e. The van der Waals surface area contributed by atoms with E-state index in [2.05, 4.69) is 10.5 Å². The maximum atomic E-state index is 9.89. The zero-order valence-electron chi connectivity index (χ0n) is 3.88. The Morgan fingerprint density at radius 2 is 2.14 bits per heavy atom. The molecular formula is C2H7N2O2S. The fourth-order valence-electron chi connectivity index (χ4n) is 0.164. The van der Waals surface area contributed by atoms with Crippen molar-refractivity contribution < 1.29 is 8.42 Å². The zero-order chi connectivity index (χ0) is 5.91. The molecule has 0 fully saturated rings. The molecule has 0 spiro atoms. The number of nitrogens with one attached hydrogen (secondary N) is 1. The molecule has 0 amide bonds. The van der Waals surface area contributed by atoms with Crippen LogP contribution in [0.1, 0.15) is 0 Å². The Hall–Kier alpha value is -0.130. The van der Waals surface area contributed by atoms with E-state index < -0.39 is 10.0 Å². The first-order chi connectivity index (χ1) is 3.06. The van der Waals surface area contributed by atoms with Gasteiger partial charge in [-0.25, -0.2) is 13.6 Å². The predicted octanol–water partition coefficient (Wildman–Crippen LogP) is -1.39. The van der Waals surface area contributed by atoms with E-state index in [4.69, 9.17) is 0 Å². The van der Waals surface area contributed by atoms with Gasteiger partial charge in [0, 0.05) is 0 Å². The number of sulfonamides is 1. The van der Waals surface area contributed by atoms with Gasteiger partial charge in [-0.1, -0.05) is 0 Å². The highest BCUT2D eigenvalue weighted by Crippen LogP contribution is 1.73. The molecule has 4 nitrogen and oxygen atoms in total. The summed E-state index contributed by atoms with van der Waals surface area (Å²) in [6.07, 6.45) is 0. The van der Waals surface area contributed by atoms with Crippen molar-refractivity contribution in [3.05, 3.63) is 5.88 Å². The van der Waals surface area contributed by atoms with E-state index in [9.17, 15) is 8.42 Å². The number of hydrogen-bond acceptors (Lipinski definition) is 3. The molecule has 0 saturated heterocycles. The van der Waals surface area contributed by atoms with Gasteiger partial charge in [0.2, 0.25) is 10.0 Å². The van der Waals surface area contributed by atoms with Gasteiger partial charge in [-0.2, -0.15) is 0 Å². The highest BCUT2D eigenvalue weighted by atomic mass is 32.2. The van der Waals surface area contributed by atoms with Gasteiger partial charge in [-0.3, -0.25) is 0 Å². The fraction of sp³-hybridized carbons (Fsp3) is 0.500. The summed E-state index contributed by atoms with van der Waals surface area (Å²) in [5.41, 5.74) is 0. The lowest BCUT2D eigenvalue weighted by Crippen LogP contribution is -2.19. The first-order valence-corrected chi connectivity index (χ1v) is 3.20. The lowest BCUT2D eigenvalue weighted by Gasteiger charge is -1.89. The summed E-state index contributed by atoms with van der Waals surface area (Å²) >= 11 is 0. The molecule has 0 rings (SSSR count). The highest BCUT2D eigenvalue weighted by Gasteiger charge is 1.96. The SMILES string of the molecule is CN[CH]S(N)(=O)=O. The molecular weight excluding hydrogens is 116 g/mol. The number of primary sulfonamides is 1. The van der Waals surface area contributed by atoms with Gasteiger partial charge in [-0.05, 0) is 7.05 Å². The molecule has 7 heavy (non-hydrogen) atoms. The molecule has 0 heterocycles. The van der Waals surface area contributed by atoms with Crippen LogP contribution in [0.25, 0.3) is 0 Å². The third-order valence-electron chi connectivity index (χ3n) is 0.282. The molecule has 0 saturated carbocycles. The van der Waals surface area contributed by atoms with E-state index in [1.54, 1.807) is 0 Å². The molecule has 5 heteroatoms. The van der Waals surface area contributed by atoms with Crippen LogP contribution in [0, 0.1) is 5.88 Å². The predicted molar refractivity (Wildman–Crippen MR) is 26.5 cm³/mol. The maximum absolute atomic E-state index is 9.89. The van der Waals surface area contributed by atoms with Gasteiger partial charge < -0.3 is 5.32 Å². The Bertz CT molecular complexity index is 127. The van der Waals surface area contributed by atoms with Crippen molar-refractivity contribution in [1.29, 1.82) is 0 Å². The highest BCUT2D eigenvalue weighted by molar-refractivity contribution is 7.91. The summed E-state index contributed by atoms with van der Waals surface area (Å²) < 4.78 is 19.8. The van der Waals surface area contributed by atoms with Crippen molar-refractivity contribution in [2.45, 2.75) is 0 Å². The molecule has 0 aromatic rings. The second-order valence-electron chi connectivity index (χ2n) is 0.996. The average Bonchev–Trinajstić information content (AvgIpc) is 1.30. The van der Waals surface area contributed by atoms with Crippen molar-refractivity contribution >= 4 is 10.0 Å². The number of rotatable bonds is 2. The van der Waals surface area contributed by atoms with Gasteiger partial charge in [0.05, 0.1) is 0 Å². The molecule has 0 aliphatic rings. The first-order valence-electron chi connectivity index (χ1n) is 1.59. The molecule has 0 aliphatic carbocycles. The minimum Gasteiger partial charge on any atom is -0.301 e. The Balaban J connectivity index is 3.60. The Kier molecular flexibility index (Phi) is 2.21. The molecule has 0 aliphatic heterocycles. The quantitative estimate of drug-likeness (QED) is 0.475. The second-order valence-corrected chi connectivity index (χ2v) is 2.41. The Labute approximate surface area is 42.8 Å². The minimum absolute atomic E-state index is 0.812. The summed E-state index contributed by atoms with van der Waals surface area (Å²) in [7, 11) is -1.95. The van der Waals surface area contributed by atoms with E-state index in [-0.39, 0.29) is 0 Å². The second kappa shape index (κ2) is 2.25. The first kappa shape index (κ1) is 6.87. The maximum Gasteiger partial charge on any atom is 0.227 e.